The molecule has 3 atom stereocenters. The summed E-state index contributed by atoms with van der Waals surface area (Å²) < 4.78 is 41.3. The van der Waals surface area contributed by atoms with Crippen molar-refractivity contribution in [2.24, 2.45) is 0 Å². The predicted octanol–water partition coefficient (Wildman–Crippen LogP) is 3.83. The number of piperazine rings is 1. The molecule has 7 rings (SSSR count). The number of piperidine rings is 1. The second-order valence-electron chi connectivity index (χ2n) is 12.8. The molecule has 1 spiro atoms. The zero-order valence-corrected chi connectivity index (χ0v) is 27.7. The maximum Gasteiger partial charge on any atom is 0.281 e. The molecule has 4 saturated heterocycles. The second kappa shape index (κ2) is 13.6. The lowest BCUT2D eigenvalue weighted by Gasteiger charge is -2.55. The largest absolute Gasteiger partial charge is 0.382 e. The van der Waals surface area contributed by atoms with E-state index in [4.69, 9.17) is 9.47 Å². The van der Waals surface area contributed by atoms with Crippen LogP contribution < -0.4 is 15.2 Å². The Kier molecular flexibility index (Phi) is 9.70. The van der Waals surface area contributed by atoms with Gasteiger partial charge in [0, 0.05) is 83.2 Å². The average Bonchev–Trinajstić information content (AvgIpc) is 3.38. The van der Waals surface area contributed by atoms with Gasteiger partial charge >= 0.3 is 0 Å². The number of nitrogens with one attached hydrogen (secondary N) is 1. The van der Waals surface area contributed by atoms with E-state index in [1.165, 1.54) is 17.3 Å². The van der Waals surface area contributed by atoms with Crippen molar-refractivity contribution >= 4 is 23.5 Å². The predicted molar refractivity (Wildman–Crippen MR) is 176 cm³/mol. The minimum atomic E-state index is -2.67. The molecule has 0 saturated carbocycles. The van der Waals surface area contributed by atoms with E-state index >= 15 is 0 Å². The lowest BCUT2D eigenvalue weighted by Crippen LogP contribution is -2.69. The summed E-state index contributed by atoms with van der Waals surface area (Å²) in [7, 11) is 1.70. The summed E-state index contributed by atoms with van der Waals surface area (Å²) >= 11 is 0. The first kappa shape index (κ1) is 32.9. The normalized spacial score (nSPS) is 27.1. The number of carbonyl (C=O) groups is 1. The third-order valence-corrected chi connectivity index (χ3v) is 10.4. The van der Waals surface area contributed by atoms with Crippen LogP contribution in [0.25, 0.3) is 6.08 Å². The Hall–Kier alpha value is -3.06. The number of rotatable bonds is 6. The van der Waals surface area contributed by atoms with E-state index in [1.54, 1.807) is 7.11 Å². The molecule has 1 amide bonds. The van der Waals surface area contributed by atoms with Crippen molar-refractivity contribution in [3.05, 3.63) is 47.3 Å². The number of carbonyl (C=O) groups excluding carboxylic acids is 1. The number of alkyl halides is 2. The molecule has 1 aromatic heterocycles. The number of aromatic nitrogens is 1. The maximum absolute atomic E-state index is 14.5. The van der Waals surface area contributed by atoms with Crippen molar-refractivity contribution in [2.45, 2.75) is 70.2 Å². The van der Waals surface area contributed by atoms with Gasteiger partial charge in [-0.25, -0.2) is 19.2 Å². The van der Waals surface area contributed by atoms with Gasteiger partial charge in [-0.3, -0.25) is 9.69 Å². The first-order valence-corrected chi connectivity index (χ1v) is 16.9. The molecule has 0 aliphatic carbocycles. The molecule has 0 bridgehead atoms. The Bertz CT molecular complexity index is 1350. The summed E-state index contributed by atoms with van der Waals surface area (Å²) in [4.78, 5) is 25.4. The van der Waals surface area contributed by atoms with E-state index in [1.807, 2.05) is 37.0 Å². The number of nitrogens with zero attached hydrogens (tertiary/aromatic N) is 6. The molecule has 6 aliphatic heterocycles. The standard InChI is InChI=1S/C32H43F2N7O3.C2H6/c1-4-28(42)39-14-12-37(13-15-39)26-19-40-24(26)7-5-6-23-25(40)16-27(36-29(23)31(33)34)38-10-8-32(9-11-38)30-21(2)17-35-41(30)18-22(44-32)20-43-3;1-2/h4-6,16,22,24,26,31,35H,1,7-15,17-20H2,2-3H3;1-2H3. The Morgan fingerprint density at radius 3 is 2.59 bits per heavy atom. The average molecular weight is 642 g/mol. The van der Waals surface area contributed by atoms with Gasteiger partial charge in [0.1, 0.15) is 23.2 Å². The van der Waals surface area contributed by atoms with E-state index in [2.05, 4.69) is 43.6 Å². The van der Waals surface area contributed by atoms with Gasteiger partial charge in [0.2, 0.25) is 5.91 Å². The molecular weight excluding hydrogens is 592 g/mol. The zero-order valence-electron chi connectivity index (χ0n) is 27.7. The van der Waals surface area contributed by atoms with E-state index in [0.29, 0.717) is 50.2 Å². The number of morpholine rings is 1. The summed E-state index contributed by atoms with van der Waals surface area (Å²) in [6.07, 6.45) is 4.81. The fourth-order valence-corrected chi connectivity index (χ4v) is 8.20. The van der Waals surface area contributed by atoms with E-state index in [9.17, 15) is 13.6 Å². The summed E-state index contributed by atoms with van der Waals surface area (Å²) in [5, 5.41) is 2.23. The van der Waals surface area contributed by atoms with Crippen LogP contribution in [0, 0.1) is 0 Å². The fraction of sp³-hybridized carbons (Fsp3) is 0.647. The number of pyridine rings is 1. The number of fused-ring (bicyclic) bond motifs is 5. The van der Waals surface area contributed by atoms with Crippen LogP contribution >= 0.6 is 0 Å². The summed E-state index contributed by atoms with van der Waals surface area (Å²) in [5.41, 5.74) is 6.82. The number of methoxy groups -OCH3 is 1. The van der Waals surface area contributed by atoms with Gasteiger partial charge in [0.25, 0.3) is 6.43 Å². The highest BCUT2D eigenvalue weighted by atomic mass is 19.3. The minimum absolute atomic E-state index is 0.0247. The fourth-order valence-electron chi connectivity index (χ4n) is 8.20. The van der Waals surface area contributed by atoms with Crippen LogP contribution in [0.2, 0.25) is 0 Å². The number of halogens is 2. The summed E-state index contributed by atoms with van der Waals surface area (Å²) in [5.74, 6) is 0.586. The summed E-state index contributed by atoms with van der Waals surface area (Å²) in [6.45, 7) is 16.9. The van der Waals surface area contributed by atoms with Crippen molar-refractivity contribution in [2.75, 3.05) is 82.4 Å². The molecule has 4 fully saturated rings. The van der Waals surface area contributed by atoms with Gasteiger partial charge in [-0.1, -0.05) is 32.6 Å². The second-order valence-corrected chi connectivity index (χ2v) is 12.8. The van der Waals surface area contributed by atoms with Crippen LogP contribution in [-0.4, -0.2) is 122 Å². The van der Waals surface area contributed by atoms with Crippen molar-refractivity contribution in [1.29, 1.82) is 0 Å². The first-order chi connectivity index (χ1) is 22.3. The lowest BCUT2D eigenvalue weighted by atomic mass is 9.84. The van der Waals surface area contributed by atoms with E-state index in [0.717, 1.165) is 57.7 Å². The van der Waals surface area contributed by atoms with Crippen LogP contribution in [0.5, 0.6) is 0 Å². The third-order valence-electron chi connectivity index (χ3n) is 10.4. The number of hydrogen-bond acceptors (Lipinski definition) is 9. The number of anilines is 2. The van der Waals surface area contributed by atoms with Crippen LogP contribution in [0.1, 0.15) is 57.7 Å². The van der Waals surface area contributed by atoms with Gasteiger partial charge in [0.05, 0.1) is 24.5 Å². The highest BCUT2D eigenvalue weighted by molar-refractivity contribution is 5.87. The van der Waals surface area contributed by atoms with Crippen molar-refractivity contribution in [3.63, 3.8) is 0 Å². The molecule has 0 radical (unpaired) electrons. The zero-order chi connectivity index (χ0) is 32.6. The monoisotopic (exact) mass is 641 g/mol. The number of hydrogen-bond donors (Lipinski definition) is 1. The van der Waals surface area contributed by atoms with Crippen molar-refractivity contribution in [3.8, 4) is 0 Å². The Labute approximate surface area is 271 Å². The summed E-state index contributed by atoms with van der Waals surface area (Å²) in [6, 6.07) is 2.54. The lowest BCUT2D eigenvalue weighted by molar-refractivity contribution is -0.155. The Balaban J connectivity index is 0.00000182. The molecule has 1 N–H and O–H groups in total. The van der Waals surface area contributed by atoms with Gasteiger partial charge in [-0.2, -0.15) is 0 Å². The molecule has 3 unspecified atom stereocenters. The molecule has 6 aliphatic rings. The number of amides is 1. The minimum Gasteiger partial charge on any atom is -0.382 e. The van der Waals surface area contributed by atoms with E-state index < -0.39 is 12.0 Å². The molecule has 12 heteroatoms. The van der Waals surface area contributed by atoms with Crippen LogP contribution in [0.3, 0.4) is 0 Å². The van der Waals surface area contributed by atoms with Gasteiger partial charge in [-0.05, 0) is 37.8 Å². The first-order valence-electron chi connectivity index (χ1n) is 16.9. The smallest absolute Gasteiger partial charge is 0.281 e. The maximum atomic E-state index is 14.5. The van der Waals surface area contributed by atoms with Crippen molar-refractivity contribution < 1.29 is 23.0 Å². The molecule has 10 nitrogen and oxygen atoms in total. The third kappa shape index (κ3) is 5.82. The molecular formula is C34H49F2N7O3. The quantitative estimate of drug-likeness (QED) is 0.467. The van der Waals surface area contributed by atoms with Crippen LogP contribution in [-0.2, 0) is 14.3 Å². The van der Waals surface area contributed by atoms with Gasteiger partial charge < -0.3 is 29.2 Å². The topological polar surface area (TPSA) is 76.7 Å². The Morgan fingerprint density at radius 2 is 1.91 bits per heavy atom. The highest BCUT2D eigenvalue weighted by Crippen LogP contribution is 2.45. The van der Waals surface area contributed by atoms with E-state index in [-0.39, 0.29) is 23.7 Å². The number of ether oxygens (including phenoxy) is 2. The van der Waals surface area contributed by atoms with Gasteiger partial charge in [0.15, 0.2) is 0 Å². The molecule has 252 valence electrons. The van der Waals surface area contributed by atoms with Crippen LogP contribution in [0.4, 0.5) is 20.3 Å². The number of hydrazine groups is 1. The van der Waals surface area contributed by atoms with Crippen molar-refractivity contribution in [1.82, 2.24) is 25.2 Å². The molecule has 46 heavy (non-hydrogen) atoms. The molecule has 1 aromatic rings. The van der Waals surface area contributed by atoms with Gasteiger partial charge in [-0.15, -0.1) is 0 Å². The SMILES string of the molecule is C=CC(=O)N1CCN(C2CN3c4cc(N5CCC6(CC5)OC(COC)CN5NCC(C)=C56)nc(C(F)F)c4C=CCC23)CC1.CC. The Morgan fingerprint density at radius 1 is 1.17 bits per heavy atom. The highest BCUT2D eigenvalue weighted by Gasteiger charge is 2.50. The molecule has 7 heterocycles. The molecule has 0 aromatic carbocycles. The van der Waals surface area contributed by atoms with Crippen LogP contribution in [0.15, 0.2) is 36.1 Å².